The highest BCUT2D eigenvalue weighted by Crippen LogP contribution is 2.34. The van der Waals surface area contributed by atoms with Crippen LogP contribution in [0.15, 0.2) is 66.2 Å². The van der Waals surface area contributed by atoms with Crippen molar-refractivity contribution in [2.45, 2.75) is 51.4 Å². The summed E-state index contributed by atoms with van der Waals surface area (Å²) in [5.41, 5.74) is 5.88. The van der Waals surface area contributed by atoms with E-state index in [2.05, 4.69) is 54.3 Å². The molecule has 0 aliphatic heterocycles. The summed E-state index contributed by atoms with van der Waals surface area (Å²) in [7, 11) is 0. The molecule has 0 unspecified atom stereocenters. The van der Waals surface area contributed by atoms with Gasteiger partial charge in [0.2, 0.25) is 0 Å². The Labute approximate surface area is 146 Å². The van der Waals surface area contributed by atoms with E-state index in [-0.39, 0.29) is 0 Å². The van der Waals surface area contributed by atoms with Gasteiger partial charge in [-0.2, -0.15) is 0 Å². The number of benzene rings is 2. The Bertz CT molecular complexity index is 703. The first-order valence-corrected chi connectivity index (χ1v) is 9.24. The van der Waals surface area contributed by atoms with E-state index in [1.165, 1.54) is 50.5 Å². The summed E-state index contributed by atoms with van der Waals surface area (Å²) in [5.74, 6) is 6.58. The second-order valence-electron chi connectivity index (χ2n) is 6.53. The maximum atomic E-state index is 3.32. The van der Waals surface area contributed by atoms with Gasteiger partial charge in [-0.1, -0.05) is 65.9 Å². The first kappa shape index (κ1) is 16.6. The maximum Gasteiger partial charge on any atom is 0.0245 e. The van der Waals surface area contributed by atoms with Crippen molar-refractivity contribution >= 4 is 5.57 Å². The lowest BCUT2D eigenvalue weighted by Gasteiger charge is -2.12. The van der Waals surface area contributed by atoms with Gasteiger partial charge in [0.15, 0.2) is 0 Å². The quantitative estimate of drug-likeness (QED) is 0.429. The molecule has 0 N–H and O–H groups in total. The minimum atomic E-state index is 0.992. The van der Waals surface area contributed by atoms with Gasteiger partial charge in [-0.05, 0) is 68.2 Å². The topological polar surface area (TPSA) is 0 Å². The Morgan fingerprint density at radius 1 is 0.792 bits per heavy atom. The molecule has 0 atom stereocenters. The Kier molecular flexibility index (Phi) is 6.32. The molecule has 24 heavy (non-hydrogen) atoms. The number of unbranched alkanes of at least 4 members (excludes halogenated alkanes) is 2. The van der Waals surface area contributed by atoms with Crippen LogP contribution in [-0.2, 0) is 0 Å². The third-order valence-electron chi connectivity index (χ3n) is 4.74. The molecule has 0 heteroatoms. The van der Waals surface area contributed by atoms with Crippen molar-refractivity contribution in [3.63, 3.8) is 0 Å². The maximum absolute atomic E-state index is 3.32. The summed E-state index contributed by atoms with van der Waals surface area (Å²) in [6.45, 7) is 0. The molecular weight excluding hydrogens is 288 g/mol. The number of allylic oxidation sites excluding steroid dienone is 2. The fourth-order valence-electron chi connectivity index (χ4n) is 3.47. The van der Waals surface area contributed by atoms with Crippen LogP contribution in [0.3, 0.4) is 0 Å². The summed E-state index contributed by atoms with van der Waals surface area (Å²) < 4.78 is 0. The van der Waals surface area contributed by atoms with Crippen LogP contribution in [0.5, 0.6) is 0 Å². The highest BCUT2D eigenvalue weighted by atomic mass is 14.2. The summed E-state index contributed by atoms with van der Waals surface area (Å²) in [4.78, 5) is 0. The highest BCUT2D eigenvalue weighted by molar-refractivity contribution is 5.69. The fraction of sp³-hybridized carbons (Fsp3) is 0.333. The van der Waals surface area contributed by atoms with Gasteiger partial charge >= 0.3 is 0 Å². The van der Waals surface area contributed by atoms with Crippen LogP contribution in [0.2, 0.25) is 0 Å². The second kappa shape index (κ2) is 9.14. The average molecular weight is 314 g/mol. The van der Waals surface area contributed by atoms with Crippen LogP contribution >= 0.6 is 0 Å². The molecule has 0 spiro atoms. The smallest absolute Gasteiger partial charge is 0.0245 e. The van der Waals surface area contributed by atoms with Gasteiger partial charge in [0, 0.05) is 12.0 Å². The van der Waals surface area contributed by atoms with Crippen molar-refractivity contribution in [1.29, 1.82) is 0 Å². The van der Waals surface area contributed by atoms with Gasteiger partial charge in [-0.3, -0.25) is 0 Å². The molecule has 1 aliphatic rings. The van der Waals surface area contributed by atoms with Gasteiger partial charge in [0.05, 0.1) is 0 Å². The fourth-order valence-corrected chi connectivity index (χ4v) is 3.47. The Morgan fingerprint density at radius 3 is 2.17 bits per heavy atom. The van der Waals surface area contributed by atoms with E-state index in [1.54, 1.807) is 11.1 Å². The molecule has 0 saturated heterocycles. The van der Waals surface area contributed by atoms with Crippen molar-refractivity contribution in [1.82, 2.24) is 0 Å². The van der Waals surface area contributed by atoms with Crippen molar-refractivity contribution in [3.8, 4) is 11.8 Å². The van der Waals surface area contributed by atoms with Crippen LogP contribution in [0.1, 0.15) is 62.5 Å². The van der Waals surface area contributed by atoms with Crippen molar-refractivity contribution in [2.24, 2.45) is 0 Å². The third-order valence-corrected chi connectivity index (χ3v) is 4.74. The molecule has 0 nitrogen and oxygen atoms in total. The number of rotatable bonds is 5. The predicted octanol–water partition coefficient (Wildman–Crippen LogP) is 6.63. The molecule has 0 aromatic heterocycles. The molecule has 1 aliphatic carbocycles. The van der Waals surface area contributed by atoms with Crippen LogP contribution in [0, 0.1) is 11.8 Å². The molecule has 1 fully saturated rings. The molecular formula is C24H26. The van der Waals surface area contributed by atoms with Gasteiger partial charge in [-0.15, -0.1) is 0 Å². The molecule has 0 amide bonds. The lowest BCUT2D eigenvalue weighted by atomic mass is 9.94. The number of hydrogen-bond donors (Lipinski definition) is 0. The first-order valence-electron chi connectivity index (χ1n) is 9.24. The average Bonchev–Trinajstić information content (AvgIpc) is 3.17. The zero-order valence-corrected chi connectivity index (χ0v) is 14.4. The van der Waals surface area contributed by atoms with Gasteiger partial charge in [0.1, 0.15) is 0 Å². The highest BCUT2D eigenvalue weighted by Gasteiger charge is 2.13. The molecule has 0 bridgehead atoms. The Morgan fingerprint density at radius 2 is 1.46 bits per heavy atom. The van der Waals surface area contributed by atoms with Crippen molar-refractivity contribution in [3.05, 3.63) is 77.4 Å². The standard InChI is InChI=1S/C24H26/c1(5-13-21-14-6-3-7-15-21)2-10-20-24(23-18-11-12-19-23)22-16-8-4-9-17-22/h3-4,6-9,14-17H,1-2,10-12,18-20H2. The van der Waals surface area contributed by atoms with E-state index in [4.69, 9.17) is 0 Å². The van der Waals surface area contributed by atoms with Crippen LogP contribution in [0.4, 0.5) is 0 Å². The van der Waals surface area contributed by atoms with Crippen molar-refractivity contribution < 1.29 is 0 Å². The van der Waals surface area contributed by atoms with Gasteiger partial charge < -0.3 is 0 Å². The van der Waals surface area contributed by atoms with E-state index in [1.807, 2.05) is 18.2 Å². The normalized spacial score (nSPS) is 13.4. The largest absolute Gasteiger partial charge is 0.0979 e. The summed E-state index contributed by atoms with van der Waals surface area (Å²) >= 11 is 0. The monoisotopic (exact) mass is 314 g/mol. The SMILES string of the molecule is C(#Cc1ccccc1)CCCCC(=C1CCCC1)c1ccccc1. The van der Waals surface area contributed by atoms with Crippen molar-refractivity contribution in [2.75, 3.05) is 0 Å². The summed E-state index contributed by atoms with van der Waals surface area (Å²) in [5, 5.41) is 0. The van der Waals surface area contributed by atoms with E-state index < -0.39 is 0 Å². The molecule has 2 aromatic carbocycles. The van der Waals surface area contributed by atoms with Crippen LogP contribution in [0.25, 0.3) is 5.57 Å². The van der Waals surface area contributed by atoms with E-state index in [9.17, 15) is 0 Å². The van der Waals surface area contributed by atoms with Crippen LogP contribution < -0.4 is 0 Å². The molecule has 0 heterocycles. The Balaban J connectivity index is 1.54. The van der Waals surface area contributed by atoms with E-state index in [0.717, 1.165) is 12.0 Å². The lowest BCUT2D eigenvalue weighted by Crippen LogP contribution is -1.90. The zero-order valence-electron chi connectivity index (χ0n) is 14.4. The van der Waals surface area contributed by atoms with Gasteiger partial charge in [0.25, 0.3) is 0 Å². The zero-order chi connectivity index (χ0) is 16.5. The summed E-state index contributed by atoms with van der Waals surface area (Å²) in [6, 6.07) is 21.3. The lowest BCUT2D eigenvalue weighted by molar-refractivity contribution is 0.776. The van der Waals surface area contributed by atoms with Gasteiger partial charge in [-0.25, -0.2) is 0 Å². The third kappa shape index (κ3) is 4.87. The molecule has 2 aromatic rings. The minimum absolute atomic E-state index is 0.992. The first-order chi connectivity index (χ1) is 11.9. The second-order valence-corrected chi connectivity index (χ2v) is 6.53. The van der Waals surface area contributed by atoms with E-state index in [0.29, 0.717) is 0 Å². The predicted molar refractivity (Wildman–Crippen MR) is 104 cm³/mol. The number of hydrogen-bond acceptors (Lipinski definition) is 0. The molecule has 122 valence electrons. The minimum Gasteiger partial charge on any atom is -0.0979 e. The molecule has 3 rings (SSSR count). The molecule has 0 radical (unpaired) electrons. The summed E-state index contributed by atoms with van der Waals surface area (Å²) in [6.07, 6.45) is 9.96. The van der Waals surface area contributed by atoms with E-state index >= 15 is 0 Å². The Hall–Kier alpha value is -2.26. The molecule has 1 saturated carbocycles. The van der Waals surface area contributed by atoms with Crippen LogP contribution in [-0.4, -0.2) is 0 Å².